The molecule has 7 heteroatoms. The maximum atomic E-state index is 10.8. The highest BCUT2D eigenvalue weighted by Crippen LogP contribution is 2.15. The van der Waals surface area contributed by atoms with Gasteiger partial charge in [0.25, 0.3) is 0 Å². The minimum atomic E-state index is -0.808. The zero-order chi connectivity index (χ0) is 15.2. The zero-order valence-electron chi connectivity index (χ0n) is 12.1. The van der Waals surface area contributed by atoms with E-state index < -0.39 is 11.9 Å². The second kappa shape index (κ2) is 6.83. The first-order valence-corrected chi connectivity index (χ1v) is 6.71. The molecule has 21 heavy (non-hydrogen) atoms. The number of nitrogens with zero attached hydrogens (tertiary/aromatic N) is 4. The summed E-state index contributed by atoms with van der Waals surface area (Å²) in [6, 6.07) is 7.69. The van der Waals surface area contributed by atoms with Crippen molar-refractivity contribution in [2.24, 2.45) is 5.92 Å². The number of aromatic nitrogens is 4. The van der Waals surface area contributed by atoms with E-state index in [-0.39, 0.29) is 0 Å². The maximum absolute atomic E-state index is 10.8. The third-order valence-electron chi connectivity index (χ3n) is 3.30. The van der Waals surface area contributed by atoms with Crippen LogP contribution in [0.1, 0.15) is 24.7 Å². The van der Waals surface area contributed by atoms with E-state index in [1.165, 1.54) is 0 Å². The summed E-state index contributed by atoms with van der Waals surface area (Å²) in [5.74, 6) is 0.267. The molecule has 0 radical (unpaired) electrons. The Morgan fingerprint density at radius 2 is 2.29 bits per heavy atom. The average Bonchev–Trinajstić information content (AvgIpc) is 2.92. The molecule has 0 amide bonds. The molecule has 1 unspecified atom stereocenters. The van der Waals surface area contributed by atoms with E-state index in [0.717, 1.165) is 11.3 Å². The molecule has 0 aliphatic carbocycles. The van der Waals surface area contributed by atoms with Crippen molar-refractivity contribution in [1.29, 1.82) is 0 Å². The number of carboxylic acid groups (broad SMARTS) is 1. The van der Waals surface area contributed by atoms with E-state index in [9.17, 15) is 4.79 Å². The van der Waals surface area contributed by atoms with Crippen LogP contribution in [-0.4, -0.2) is 38.4 Å². The van der Waals surface area contributed by atoms with Crippen molar-refractivity contribution in [2.45, 2.75) is 26.3 Å². The Bertz CT molecular complexity index is 612. The second-order valence-corrected chi connectivity index (χ2v) is 4.87. The van der Waals surface area contributed by atoms with Gasteiger partial charge in [-0.25, -0.2) is 4.68 Å². The van der Waals surface area contributed by atoms with Crippen LogP contribution >= 0.6 is 0 Å². The first-order valence-electron chi connectivity index (χ1n) is 6.71. The van der Waals surface area contributed by atoms with Gasteiger partial charge in [-0.3, -0.25) is 4.79 Å². The highest BCUT2D eigenvalue weighted by atomic mass is 16.5. The summed E-state index contributed by atoms with van der Waals surface area (Å²) in [5, 5.41) is 20.5. The molecule has 0 aliphatic heterocycles. The topological polar surface area (TPSA) is 90.1 Å². The van der Waals surface area contributed by atoms with Gasteiger partial charge in [-0.2, -0.15) is 0 Å². The van der Waals surface area contributed by atoms with Gasteiger partial charge in [0.15, 0.2) is 5.82 Å². The van der Waals surface area contributed by atoms with Crippen LogP contribution in [0.3, 0.4) is 0 Å². The van der Waals surface area contributed by atoms with Gasteiger partial charge in [-0.15, -0.1) is 5.10 Å². The van der Waals surface area contributed by atoms with Crippen LogP contribution in [0.25, 0.3) is 0 Å². The number of tetrazole rings is 1. The van der Waals surface area contributed by atoms with Crippen molar-refractivity contribution < 1.29 is 14.6 Å². The number of rotatable bonds is 7. The molecule has 2 aromatic rings. The zero-order valence-corrected chi connectivity index (χ0v) is 12.1. The third kappa shape index (κ3) is 4.01. The van der Waals surface area contributed by atoms with Crippen LogP contribution in [0.2, 0.25) is 0 Å². The Hall–Kier alpha value is -2.44. The number of aryl methyl sites for hydroxylation is 1. The van der Waals surface area contributed by atoms with Crippen LogP contribution in [0.5, 0.6) is 5.75 Å². The van der Waals surface area contributed by atoms with Gasteiger partial charge >= 0.3 is 5.97 Å². The number of benzene rings is 1. The molecule has 112 valence electrons. The van der Waals surface area contributed by atoms with Crippen molar-refractivity contribution in [1.82, 2.24) is 20.2 Å². The summed E-state index contributed by atoms with van der Waals surface area (Å²) < 4.78 is 6.84. The summed E-state index contributed by atoms with van der Waals surface area (Å²) in [6.07, 6.45) is 1.07. The van der Waals surface area contributed by atoms with Crippen LogP contribution in [0.15, 0.2) is 24.3 Å². The predicted molar refractivity (Wildman–Crippen MR) is 75.0 cm³/mol. The monoisotopic (exact) mass is 290 g/mol. The molecular formula is C14H18N4O3. The molecular weight excluding hydrogens is 272 g/mol. The quantitative estimate of drug-likeness (QED) is 0.828. The van der Waals surface area contributed by atoms with Crippen molar-refractivity contribution in [2.75, 3.05) is 7.11 Å². The fraction of sp³-hybridized carbons (Fsp3) is 0.429. The first-order chi connectivity index (χ1) is 10.1. The molecule has 2 rings (SSSR count). The van der Waals surface area contributed by atoms with Gasteiger partial charge in [-0.05, 0) is 34.5 Å². The molecule has 1 aromatic heterocycles. The lowest BCUT2D eigenvalue weighted by Gasteiger charge is -2.08. The number of hydrogen-bond acceptors (Lipinski definition) is 5. The standard InChI is InChI=1S/C14H18N4O3/c1-10(14(19)20)6-7-18-13(15-16-17-18)9-11-4-3-5-12(8-11)21-2/h3-5,8,10H,6-7,9H2,1-2H3,(H,19,20). The van der Waals surface area contributed by atoms with Gasteiger partial charge in [0.05, 0.1) is 13.0 Å². The highest BCUT2D eigenvalue weighted by molar-refractivity contribution is 5.69. The SMILES string of the molecule is COc1cccc(Cc2nnnn2CCC(C)C(=O)O)c1. The summed E-state index contributed by atoms with van der Waals surface area (Å²) in [4.78, 5) is 10.8. The molecule has 0 aliphatic rings. The Morgan fingerprint density at radius 1 is 1.48 bits per heavy atom. The van der Waals surface area contributed by atoms with E-state index in [2.05, 4.69) is 15.5 Å². The molecule has 1 aromatic carbocycles. The molecule has 0 bridgehead atoms. The van der Waals surface area contributed by atoms with E-state index in [4.69, 9.17) is 9.84 Å². The number of ether oxygens (including phenoxy) is 1. The predicted octanol–water partition coefficient (Wildman–Crippen LogP) is 1.38. The van der Waals surface area contributed by atoms with Gasteiger partial charge in [0.2, 0.25) is 0 Å². The fourth-order valence-corrected chi connectivity index (χ4v) is 1.93. The number of methoxy groups -OCH3 is 1. The van der Waals surface area contributed by atoms with E-state index >= 15 is 0 Å². The van der Waals surface area contributed by atoms with Gasteiger partial charge in [0, 0.05) is 13.0 Å². The van der Waals surface area contributed by atoms with Crippen LogP contribution in [0.4, 0.5) is 0 Å². The van der Waals surface area contributed by atoms with Gasteiger partial charge in [0.1, 0.15) is 5.75 Å². The Kier molecular flexibility index (Phi) is 4.86. The number of aliphatic carboxylic acids is 1. The summed E-state index contributed by atoms with van der Waals surface area (Å²) in [5.41, 5.74) is 1.04. The van der Waals surface area contributed by atoms with Gasteiger partial charge < -0.3 is 9.84 Å². The fourth-order valence-electron chi connectivity index (χ4n) is 1.93. The lowest BCUT2D eigenvalue weighted by Crippen LogP contribution is -2.15. The first kappa shape index (κ1) is 15.0. The maximum Gasteiger partial charge on any atom is 0.306 e. The molecule has 7 nitrogen and oxygen atoms in total. The second-order valence-electron chi connectivity index (χ2n) is 4.87. The summed E-state index contributed by atoms with van der Waals surface area (Å²) in [6.45, 7) is 2.16. The van der Waals surface area contributed by atoms with Gasteiger partial charge in [-0.1, -0.05) is 19.1 Å². The molecule has 0 saturated carbocycles. The molecule has 1 atom stereocenters. The molecule has 1 heterocycles. The van der Waals surface area contributed by atoms with E-state index in [1.54, 1.807) is 18.7 Å². The normalized spacial score (nSPS) is 12.1. The minimum absolute atomic E-state index is 0.418. The lowest BCUT2D eigenvalue weighted by atomic mass is 10.1. The van der Waals surface area contributed by atoms with Crippen molar-refractivity contribution >= 4 is 5.97 Å². The lowest BCUT2D eigenvalue weighted by molar-refractivity contribution is -0.141. The highest BCUT2D eigenvalue weighted by Gasteiger charge is 2.13. The Morgan fingerprint density at radius 3 is 3.00 bits per heavy atom. The minimum Gasteiger partial charge on any atom is -0.497 e. The Balaban J connectivity index is 2.04. The summed E-state index contributed by atoms with van der Waals surface area (Å²) >= 11 is 0. The summed E-state index contributed by atoms with van der Waals surface area (Å²) in [7, 11) is 1.62. The van der Waals surface area contributed by atoms with Crippen molar-refractivity contribution in [3.8, 4) is 5.75 Å². The number of carboxylic acids is 1. The van der Waals surface area contributed by atoms with Crippen LogP contribution in [0, 0.1) is 5.92 Å². The Labute approximate surface area is 122 Å². The third-order valence-corrected chi connectivity index (χ3v) is 3.30. The average molecular weight is 290 g/mol. The van der Waals surface area contributed by atoms with E-state index in [1.807, 2.05) is 24.3 Å². The number of carbonyl (C=O) groups is 1. The van der Waals surface area contributed by atoms with Crippen molar-refractivity contribution in [3.63, 3.8) is 0 Å². The molecule has 0 saturated heterocycles. The molecule has 0 spiro atoms. The number of hydrogen-bond donors (Lipinski definition) is 1. The van der Waals surface area contributed by atoms with Crippen LogP contribution in [-0.2, 0) is 17.8 Å². The smallest absolute Gasteiger partial charge is 0.306 e. The molecule has 0 fully saturated rings. The molecule has 1 N–H and O–H groups in total. The van der Waals surface area contributed by atoms with Crippen LogP contribution < -0.4 is 4.74 Å². The van der Waals surface area contributed by atoms with Crippen molar-refractivity contribution in [3.05, 3.63) is 35.7 Å². The van der Waals surface area contributed by atoms with E-state index in [0.29, 0.717) is 25.2 Å². The largest absolute Gasteiger partial charge is 0.497 e.